The average Bonchev–Trinajstić information content (AvgIpc) is 3.20. The van der Waals surface area contributed by atoms with Crippen LogP contribution in [0.2, 0.25) is 0 Å². The third-order valence-corrected chi connectivity index (χ3v) is 6.18. The van der Waals surface area contributed by atoms with E-state index in [-0.39, 0.29) is 24.4 Å². The van der Waals surface area contributed by atoms with Crippen molar-refractivity contribution in [3.05, 3.63) is 111 Å². The molecule has 34 heavy (non-hydrogen) atoms. The molecule has 3 aromatic carbocycles. The smallest absolute Gasteiger partial charge is 0.258 e. The molecule has 170 valence electrons. The topological polar surface area (TPSA) is 79.2 Å². The van der Waals surface area contributed by atoms with E-state index in [9.17, 15) is 9.59 Å². The molecule has 0 fully saturated rings. The summed E-state index contributed by atoms with van der Waals surface area (Å²) in [4.78, 5) is 35.3. The molecule has 5 aromatic rings. The van der Waals surface area contributed by atoms with Gasteiger partial charge in [0.1, 0.15) is 11.4 Å². The molecule has 0 aliphatic heterocycles. The third kappa shape index (κ3) is 4.35. The van der Waals surface area contributed by atoms with Crippen LogP contribution in [0.5, 0.6) is 0 Å². The second kappa shape index (κ2) is 8.98. The highest BCUT2D eigenvalue weighted by molar-refractivity contribution is 5.88. The first kappa shape index (κ1) is 21.6. The Morgan fingerprint density at radius 1 is 0.941 bits per heavy atom. The van der Waals surface area contributed by atoms with E-state index in [1.807, 2.05) is 55.5 Å². The third-order valence-electron chi connectivity index (χ3n) is 6.18. The van der Waals surface area contributed by atoms with Crippen LogP contribution in [-0.2, 0) is 24.3 Å². The number of carbonyl (C=O) groups is 1. The van der Waals surface area contributed by atoms with Crippen LogP contribution in [0.1, 0.15) is 28.1 Å². The minimum atomic E-state index is -0.209. The highest BCUT2D eigenvalue weighted by Crippen LogP contribution is 2.26. The quantitative estimate of drug-likeness (QED) is 0.391. The first-order chi connectivity index (χ1) is 16.5. The van der Waals surface area contributed by atoms with Crippen LogP contribution < -0.4 is 5.56 Å². The Hall–Kier alpha value is -4.19. The van der Waals surface area contributed by atoms with Crippen molar-refractivity contribution < 1.29 is 9.21 Å². The van der Waals surface area contributed by atoms with Crippen molar-refractivity contribution in [1.82, 2.24) is 14.9 Å². The van der Waals surface area contributed by atoms with Gasteiger partial charge in [0.05, 0.1) is 30.1 Å². The summed E-state index contributed by atoms with van der Waals surface area (Å²) in [6, 6.07) is 21.1. The van der Waals surface area contributed by atoms with Crippen molar-refractivity contribution >= 4 is 27.8 Å². The molecule has 0 saturated heterocycles. The van der Waals surface area contributed by atoms with Gasteiger partial charge in [0.2, 0.25) is 5.91 Å². The molecule has 0 unspecified atom stereocenters. The van der Waals surface area contributed by atoms with Crippen molar-refractivity contribution in [1.29, 1.82) is 0 Å². The van der Waals surface area contributed by atoms with Crippen LogP contribution in [0.25, 0.3) is 21.9 Å². The van der Waals surface area contributed by atoms with Gasteiger partial charge in [-0.05, 0) is 54.8 Å². The molecule has 5 rings (SSSR count). The zero-order chi connectivity index (χ0) is 23.7. The Morgan fingerprint density at radius 3 is 2.50 bits per heavy atom. The number of amides is 1. The van der Waals surface area contributed by atoms with E-state index in [0.717, 1.165) is 33.2 Å². The number of para-hydroxylation sites is 1. The van der Waals surface area contributed by atoms with Gasteiger partial charge in [-0.3, -0.25) is 9.59 Å². The molecule has 1 amide bonds. The van der Waals surface area contributed by atoms with E-state index >= 15 is 0 Å². The highest BCUT2D eigenvalue weighted by atomic mass is 16.3. The summed E-state index contributed by atoms with van der Waals surface area (Å²) in [5.74, 6) is 0.386. The Labute approximate surface area is 196 Å². The summed E-state index contributed by atoms with van der Waals surface area (Å²) in [6.45, 7) is 4.70. The van der Waals surface area contributed by atoms with E-state index in [4.69, 9.17) is 4.42 Å². The van der Waals surface area contributed by atoms with E-state index in [1.54, 1.807) is 23.3 Å². The van der Waals surface area contributed by atoms with Crippen LogP contribution in [0.15, 0.2) is 82.2 Å². The summed E-state index contributed by atoms with van der Waals surface area (Å²) >= 11 is 0. The number of aryl methyl sites for hydroxylation is 2. The fourth-order valence-corrected chi connectivity index (χ4v) is 4.17. The zero-order valence-electron chi connectivity index (χ0n) is 19.2. The van der Waals surface area contributed by atoms with Gasteiger partial charge in [0.25, 0.3) is 5.56 Å². The molecule has 0 atom stereocenters. The zero-order valence-corrected chi connectivity index (χ0v) is 19.2. The standard InChI is InChI=1S/C28H25N3O3/c1-18-12-23-21(17-34-25(23)13-19(18)2)14-27(32)31(15-20-8-4-3-5-9-20)16-26-29-24-11-7-6-10-22(24)28(33)30-26/h3-13,17H,14-16H2,1-2H3,(H,29,30,33). The van der Waals surface area contributed by atoms with Crippen molar-refractivity contribution in [2.45, 2.75) is 33.4 Å². The Kier molecular flexibility index (Phi) is 5.72. The number of aromatic amines is 1. The fourth-order valence-electron chi connectivity index (χ4n) is 4.17. The van der Waals surface area contributed by atoms with Gasteiger partial charge in [0.15, 0.2) is 0 Å². The number of hydrogen-bond acceptors (Lipinski definition) is 4. The Balaban J connectivity index is 1.47. The minimum absolute atomic E-state index is 0.0689. The SMILES string of the molecule is Cc1cc2occ(CC(=O)N(Cc3ccccc3)Cc3nc4ccccc4c(=O)[nH]3)c2cc1C. The highest BCUT2D eigenvalue weighted by Gasteiger charge is 2.19. The Morgan fingerprint density at radius 2 is 1.68 bits per heavy atom. The number of nitrogens with zero attached hydrogens (tertiary/aromatic N) is 2. The lowest BCUT2D eigenvalue weighted by atomic mass is 10.0. The lowest BCUT2D eigenvalue weighted by Gasteiger charge is -2.22. The molecule has 0 radical (unpaired) electrons. The first-order valence-corrected chi connectivity index (χ1v) is 11.2. The van der Waals surface area contributed by atoms with Gasteiger partial charge in [0, 0.05) is 17.5 Å². The second-order valence-electron chi connectivity index (χ2n) is 8.64. The first-order valence-electron chi connectivity index (χ1n) is 11.2. The van der Waals surface area contributed by atoms with Crippen molar-refractivity contribution in [3.63, 3.8) is 0 Å². The number of rotatable bonds is 6. The number of fused-ring (bicyclic) bond motifs is 2. The molecular formula is C28H25N3O3. The van der Waals surface area contributed by atoms with Crippen LogP contribution in [0.4, 0.5) is 0 Å². The second-order valence-corrected chi connectivity index (χ2v) is 8.64. The molecule has 0 saturated carbocycles. The van der Waals surface area contributed by atoms with Crippen molar-refractivity contribution in [2.75, 3.05) is 0 Å². The normalized spacial score (nSPS) is 11.2. The molecule has 2 heterocycles. The number of furan rings is 1. The fraction of sp³-hybridized carbons (Fsp3) is 0.179. The van der Waals surface area contributed by atoms with Gasteiger partial charge in [-0.2, -0.15) is 0 Å². The molecule has 0 spiro atoms. The molecule has 1 N–H and O–H groups in total. The van der Waals surface area contributed by atoms with Crippen LogP contribution in [0.3, 0.4) is 0 Å². The van der Waals surface area contributed by atoms with E-state index < -0.39 is 0 Å². The number of nitrogens with one attached hydrogen (secondary N) is 1. The van der Waals surface area contributed by atoms with E-state index in [0.29, 0.717) is 23.3 Å². The Bertz CT molecular complexity index is 1550. The van der Waals surface area contributed by atoms with Crippen molar-refractivity contribution in [3.8, 4) is 0 Å². The van der Waals surface area contributed by atoms with Crippen LogP contribution in [-0.4, -0.2) is 20.8 Å². The molecule has 6 heteroatoms. The molecule has 2 aromatic heterocycles. The van der Waals surface area contributed by atoms with Gasteiger partial charge in [-0.1, -0.05) is 42.5 Å². The largest absolute Gasteiger partial charge is 0.464 e. The van der Waals surface area contributed by atoms with Crippen LogP contribution >= 0.6 is 0 Å². The summed E-state index contributed by atoms with van der Waals surface area (Å²) in [5.41, 5.74) is 5.34. The molecule has 0 bridgehead atoms. The maximum Gasteiger partial charge on any atom is 0.258 e. The molecular weight excluding hydrogens is 426 g/mol. The predicted octanol–water partition coefficient (Wildman–Crippen LogP) is 5.06. The molecule has 0 aliphatic rings. The monoisotopic (exact) mass is 451 g/mol. The maximum absolute atomic E-state index is 13.5. The number of benzene rings is 3. The number of H-pyrrole nitrogens is 1. The molecule has 0 aliphatic carbocycles. The lowest BCUT2D eigenvalue weighted by Crippen LogP contribution is -2.32. The number of hydrogen-bond donors (Lipinski definition) is 1. The summed E-state index contributed by atoms with van der Waals surface area (Å²) in [5, 5.41) is 1.48. The van der Waals surface area contributed by atoms with Crippen molar-refractivity contribution in [2.24, 2.45) is 0 Å². The lowest BCUT2D eigenvalue weighted by molar-refractivity contribution is -0.131. The van der Waals surface area contributed by atoms with Gasteiger partial charge in [-0.25, -0.2) is 4.98 Å². The summed E-state index contributed by atoms with van der Waals surface area (Å²) < 4.78 is 5.74. The predicted molar refractivity (Wildman–Crippen MR) is 132 cm³/mol. The molecule has 6 nitrogen and oxygen atoms in total. The van der Waals surface area contributed by atoms with E-state index in [1.165, 1.54) is 0 Å². The number of carbonyl (C=O) groups excluding carboxylic acids is 1. The minimum Gasteiger partial charge on any atom is -0.464 e. The van der Waals surface area contributed by atoms with Gasteiger partial charge >= 0.3 is 0 Å². The summed E-state index contributed by atoms with van der Waals surface area (Å²) in [6.07, 6.45) is 1.86. The van der Waals surface area contributed by atoms with E-state index in [2.05, 4.69) is 23.0 Å². The summed E-state index contributed by atoms with van der Waals surface area (Å²) in [7, 11) is 0. The van der Waals surface area contributed by atoms with Gasteiger partial charge in [-0.15, -0.1) is 0 Å². The number of aromatic nitrogens is 2. The maximum atomic E-state index is 13.5. The van der Waals surface area contributed by atoms with Gasteiger partial charge < -0.3 is 14.3 Å². The van der Waals surface area contributed by atoms with Crippen LogP contribution in [0, 0.1) is 13.8 Å². The average molecular weight is 452 g/mol.